The van der Waals surface area contributed by atoms with Crippen molar-refractivity contribution in [1.29, 1.82) is 0 Å². The van der Waals surface area contributed by atoms with E-state index in [0.717, 1.165) is 27.9 Å². The predicted molar refractivity (Wildman–Crippen MR) is 159 cm³/mol. The minimum atomic E-state index is -2.41. The number of hydrogen-bond acceptors (Lipinski definition) is 14. The summed E-state index contributed by atoms with van der Waals surface area (Å²) in [4.78, 5) is 62.1. The van der Waals surface area contributed by atoms with Crippen LogP contribution >= 0.6 is 0 Å². The topological polar surface area (TPSA) is 191 Å². The van der Waals surface area contributed by atoms with Gasteiger partial charge >= 0.3 is 30.0 Å². The van der Waals surface area contributed by atoms with Gasteiger partial charge in [-0.15, -0.1) is 0 Å². The SMILES string of the molecule is COC(=O)[C@@H](NC(=O)OCc1ccccc1)[C@@H]1C[C@@](O)([C@H](COC(C)=O)OC(C)=O)[C@@H](OC(C)=O)[C@H](OCc2ccc(OC)cc2)O1. The molecule has 1 aliphatic rings. The molecule has 2 aromatic carbocycles. The van der Waals surface area contributed by atoms with E-state index in [4.69, 9.17) is 37.9 Å². The van der Waals surface area contributed by atoms with Crippen LogP contribution in [0.4, 0.5) is 4.79 Å². The van der Waals surface area contributed by atoms with Gasteiger partial charge in [-0.25, -0.2) is 9.59 Å². The second kappa shape index (κ2) is 17.3. The molecule has 0 unspecified atom stereocenters. The number of methoxy groups -OCH3 is 2. The zero-order valence-electron chi connectivity index (χ0n) is 26.7. The first-order valence-corrected chi connectivity index (χ1v) is 14.5. The lowest BCUT2D eigenvalue weighted by Crippen LogP contribution is -2.69. The summed E-state index contributed by atoms with van der Waals surface area (Å²) in [7, 11) is 2.58. The van der Waals surface area contributed by atoms with Gasteiger partial charge in [-0.2, -0.15) is 0 Å². The van der Waals surface area contributed by atoms with E-state index in [1.807, 2.05) is 0 Å². The molecule has 0 saturated carbocycles. The molecule has 6 atom stereocenters. The number of benzene rings is 2. The van der Waals surface area contributed by atoms with Gasteiger partial charge in [-0.05, 0) is 23.3 Å². The molecule has 1 heterocycles. The normalized spacial score (nSPS) is 21.7. The van der Waals surface area contributed by atoms with E-state index in [1.165, 1.54) is 7.11 Å². The van der Waals surface area contributed by atoms with Crippen LogP contribution in [0.5, 0.6) is 5.75 Å². The zero-order valence-corrected chi connectivity index (χ0v) is 26.7. The molecule has 15 nitrogen and oxygen atoms in total. The Hall–Kier alpha value is -4.73. The van der Waals surface area contributed by atoms with Crippen molar-refractivity contribution in [2.45, 2.75) is 76.7 Å². The highest BCUT2D eigenvalue weighted by Crippen LogP contribution is 2.38. The molecule has 2 aromatic rings. The minimum Gasteiger partial charge on any atom is -0.497 e. The molecule has 2 N–H and O–H groups in total. The summed E-state index contributed by atoms with van der Waals surface area (Å²) in [5.41, 5.74) is -1.13. The van der Waals surface area contributed by atoms with Crippen LogP contribution in [0, 0.1) is 0 Å². The van der Waals surface area contributed by atoms with E-state index in [2.05, 4.69) is 5.32 Å². The van der Waals surface area contributed by atoms with Crippen molar-refractivity contribution in [2.75, 3.05) is 20.8 Å². The number of alkyl carbamates (subject to hydrolysis) is 1. The maximum Gasteiger partial charge on any atom is 0.408 e. The lowest BCUT2D eigenvalue weighted by atomic mass is 9.80. The van der Waals surface area contributed by atoms with E-state index >= 15 is 0 Å². The Labute approximate surface area is 271 Å². The van der Waals surface area contributed by atoms with E-state index in [9.17, 15) is 29.1 Å². The second-order valence-electron chi connectivity index (χ2n) is 10.5. The molecule has 0 radical (unpaired) electrons. The average Bonchev–Trinajstić information content (AvgIpc) is 3.04. The van der Waals surface area contributed by atoms with Crippen LogP contribution in [0.1, 0.15) is 38.3 Å². The molecule has 0 aliphatic carbocycles. The van der Waals surface area contributed by atoms with Gasteiger partial charge in [0.1, 0.15) is 24.6 Å². The lowest BCUT2D eigenvalue weighted by Gasteiger charge is -2.49. The summed E-state index contributed by atoms with van der Waals surface area (Å²) in [6.45, 7) is 2.27. The largest absolute Gasteiger partial charge is 0.497 e. The first-order chi connectivity index (χ1) is 22.4. The Morgan fingerprint density at radius 3 is 2.13 bits per heavy atom. The fourth-order valence-corrected chi connectivity index (χ4v) is 4.84. The number of carbonyl (C=O) groups excluding carboxylic acids is 5. The Balaban J connectivity index is 2.01. The standard InChI is InChI=1S/C32H39NO14/c1-19(34)42-18-26(45-20(2)35)32(39)15-25(27(29(37)41-5)33-31(38)44-17-22-9-7-6-8-10-22)47-30(28(32)46-21(3)36)43-16-23-11-13-24(40-4)14-12-23/h6-14,25-28,30,39H,15-18H2,1-5H3,(H,33,38)/t25-,26-,27-,28-,30+,32+/m0/s1. The molecule has 3 rings (SSSR count). The van der Waals surface area contributed by atoms with E-state index in [0.29, 0.717) is 16.9 Å². The first-order valence-electron chi connectivity index (χ1n) is 14.5. The number of esters is 4. The van der Waals surface area contributed by atoms with E-state index in [1.54, 1.807) is 54.6 Å². The highest BCUT2D eigenvalue weighted by molar-refractivity contribution is 5.82. The number of carbonyl (C=O) groups is 5. The van der Waals surface area contributed by atoms with Crippen LogP contribution in [0.2, 0.25) is 0 Å². The summed E-state index contributed by atoms with van der Waals surface area (Å²) >= 11 is 0. The van der Waals surface area contributed by atoms with Crippen LogP contribution in [0.15, 0.2) is 54.6 Å². The first kappa shape index (κ1) is 36.7. The summed E-state index contributed by atoms with van der Waals surface area (Å²) < 4.78 is 43.4. The maximum absolute atomic E-state index is 13.1. The van der Waals surface area contributed by atoms with Gasteiger partial charge in [0.15, 0.2) is 24.5 Å². The van der Waals surface area contributed by atoms with Crippen molar-refractivity contribution >= 4 is 30.0 Å². The van der Waals surface area contributed by atoms with Gasteiger partial charge in [-0.1, -0.05) is 42.5 Å². The van der Waals surface area contributed by atoms with E-state index in [-0.39, 0.29) is 13.2 Å². The molecular weight excluding hydrogens is 622 g/mol. The van der Waals surface area contributed by atoms with Crippen LogP contribution in [0.25, 0.3) is 0 Å². The summed E-state index contributed by atoms with van der Waals surface area (Å²) in [5.74, 6) is -2.91. The van der Waals surface area contributed by atoms with Crippen molar-refractivity contribution < 1.29 is 67.0 Å². The van der Waals surface area contributed by atoms with Crippen LogP contribution < -0.4 is 10.1 Å². The number of ether oxygens (including phenoxy) is 8. The molecule has 1 fully saturated rings. The summed E-state index contributed by atoms with van der Waals surface area (Å²) in [6.07, 6.45) is -8.08. The third-order valence-corrected chi connectivity index (χ3v) is 7.06. The zero-order chi connectivity index (χ0) is 34.6. The minimum absolute atomic E-state index is 0.130. The third-order valence-electron chi connectivity index (χ3n) is 7.06. The number of hydrogen-bond donors (Lipinski definition) is 2. The van der Waals surface area contributed by atoms with Crippen molar-refractivity contribution in [3.63, 3.8) is 0 Å². The Morgan fingerprint density at radius 2 is 1.55 bits per heavy atom. The lowest BCUT2D eigenvalue weighted by molar-refractivity contribution is -0.322. The van der Waals surface area contributed by atoms with Crippen molar-refractivity contribution in [3.05, 3.63) is 65.7 Å². The fraction of sp³-hybridized carbons (Fsp3) is 0.469. The molecule has 15 heteroatoms. The summed E-state index contributed by atoms with van der Waals surface area (Å²) in [5, 5.41) is 14.7. The molecule has 1 aliphatic heterocycles. The Bertz CT molecular complexity index is 1370. The molecule has 47 heavy (non-hydrogen) atoms. The second-order valence-corrected chi connectivity index (χ2v) is 10.5. The smallest absolute Gasteiger partial charge is 0.408 e. The number of aliphatic hydroxyl groups is 1. The fourth-order valence-electron chi connectivity index (χ4n) is 4.84. The van der Waals surface area contributed by atoms with Gasteiger partial charge < -0.3 is 48.3 Å². The molecule has 1 saturated heterocycles. The maximum atomic E-state index is 13.1. The van der Waals surface area contributed by atoms with Gasteiger partial charge in [0, 0.05) is 27.2 Å². The number of amides is 1. The van der Waals surface area contributed by atoms with E-state index < -0.39 is 79.2 Å². The van der Waals surface area contributed by atoms with Crippen LogP contribution in [-0.2, 0) is 65.5 Å². The van der Waals surface area contributed by atoms with Crippen molar-refractivity contribution in [3.8, 4) is 5.75 Å². The Kier molecular flexibility index (Phi) is 13.5. The Morgan fingerprint density at radius 1 is 0.894 bits per heavy atom. The van der Waals surface area contributed by atoms with Crippen LogP contribution in [-0.4, -0.2) is 92.1 Å². The highest BCUT2D eigenvalue weighted by Gasteiger charge is 2.59. The quantitative estimate of drug-likeness (QED) is 0.221. The molecule has 0 bridgehead atoms. The van der Waals surface area contributed by atoms with Crippen molar-refractivity contribution in [1.82, 2.24) is 5.32 Å². The van der Waals surface area contributed by atoms with Gasteiger partial charge in [-0.3, -0.25) is 14.4 Å². The third kappa shape index (κ3) is 10.7. The molecule has 0 spiro atoms. The van der Waals surface area contributed by atoms with Gasteiger partial charge in [0.2, 0.25) is 0 Å². The monoisotopic (exact) mass is 661 g/mol. The molecular formula is C32H39NO14. The van der Waals surface area contributed by atoms with Gasteiger partial charge in [0.05, 0.1) is 26.9 Å². The van der Waals surface area contributed by atoms with Crippen LogP contribution in [0.3, 0.4) is 0 Å². The predicted octanol–water partition coefficient (Wildman–Crippen LogP) is 1.95. The summed E-state index contributed by atoms with van der Waals surface area (Å²) in [6, 6.07) is 13.9. The number of nitrogens with one attached hydrogen (secondary N) is 1. The molecule has 0 aromatic heterocycles. The molecule has 1 amide bonds. The van der Waals surface area contributed by atoms with Crippen molar-refractivity contribution in [2.24, 2.45) is 0 Å². The average molecular weight is 662 g/mol. The number of rotatable bonds is 14. The highest BCUT2D eigenvalue weighted by atomic mass is 16.7. The molecule has 256 valence electrons. The van der Waals surface area contributed by atoms with Gasteiger partial charge in [0.25, 0.3) is 0 Å².